The Labute approximate surface area is 103 Å². The van der Waals surface area contributed by atoms with Gasteiger partial charge in [0.25, 0.3) is 5.91 Å². The monoisotopic (exact) mass is 242 g/mol. The minimum absolute atomic E-state index is 0.0725. The van der Waals surface area contributed by atoms with Gasteiger partial charge in [0.1, 0.15) is 17.5 Å². The van der Waals surface area contributed by atoms with Gasteiger partial charge in [-0.25, -0.2) is 0 Å². The van der Waals surface area contributed by atoms with Crippen molar-refractivity contribution in [3.8, 4) is 11.8 Å². The third-order valence-corrected chi connectivity index (χ3v) is 2.17. The van der Waals surface area contributed by atoms with E-state index in [1.807, 2.05) is 6.07 Å². The zero-order valence-corrected chi connectivity index (χ0v) is 9.38. The Kier molecular flexibility index (Phi) is 3.56. The molecule has 0 atom stereocenters. The molecule has 6 heteroatoms. The molecule has 1 aromatic carbocycles. The van der Waals surface area contributed by atoms with Crippen LogP contribution in [0.3, 0.4) is 0 Å². The molecular weight excluding hydrogens is 232 g/mol. The van der Waals surface area contributed by atoms with Crippen molar-refractivity contribution in [2.24, 2.45) is 0 Å². The van der Waals surface area contributed by atoms with E-state index < -0.39 is 0 Å². The molecule has 0 saturated carbocycles. The smallest absolute Gasteiger partial charge is 0.273 e. The highest BCUT2D eigenvalue weighted by Crippen LogP contribution is 2.23. The second-order valence-electron chi connectivity index (χ2n) is 3.37. The third-order valence-electron chi connectivity index (χ3n) is 2.17. The lowest BCUT2D eigenvalue weighted by Gasteiger charge is -2.09. The SMILES string of the molecule is N#CCOc1ccccc1NC(=O)c1ccn[nH]1. The molecule has 2 rings (SSSR count). The number of hydrogen-bond acceptors (Lipinski definition) is 4. The summed E-state index contributed by atoms with van der Waals surface area (Å²) >= 11 is 0. The van der Waals surface area contributed by atoms with E-state index in [1.54, 1.807) is 30.3 Å². The van der Waals surface area contributed by atoms with Crippen molar-refractivity contribution in [1.82, 2.24) is 10.2 Å². The van der Waals surface area contributed by atoms with Crippen LogP contribution in [0.25, 0.3) is 0 Å². The number of nitriles is 1. The Morgan fingerprint density at radius 2 is 2.28 bits per heavy atom. The van der Waals surface area contributed by atoms with Crippen LogP contribution >= 0.6 is 0 Å². The first-order valence-corrected chi connectivity index (χ1v) is 5.21. The van der Waals surface area contributed by atoms with E-state index in [0.717, 1.165) is 0 Å². The van der Waals surface area contributed by atoms with Crippen molar-refractivity contribution in [3.05, 3.63) is 42.2 Å². The van der Waals surface area contributed by atoms with Gasteiger partial charge in [-0.2, -0.15) is 10.4 Å². The molecule has 0 aliphatic heterocycles. The average molecular weight is 242 g/mol. The van der Waals surface area contributed by atoms with Crippen LogP contribution < -0.4 is 10.1 Å². The molecule has 0 saturated heterocycles. The van der Waals surface area contributed by atoms with Gasteiger partial charge in [0.05, 0.1) is 5.69 Å². The van der Waals surface area contributed by atoms with Crippen molar-refractivity contribution >= 4 is 11.6 Å². The first-order valence-electron chi connectivity index (χ1n) is 5.21. The van der Waals surface area contributed by atoms with Gasteiger partial charge in [0, 0.05) is 6.20 Å². The first-order chi connectivity index (χ1) is 8.81. The molecule has 1 heterocycles. The number of amides is 1. The molecule has 18 heavy (non-hydrogen) atoms. The number of para-hydroxylation sites is 2. The molecule has 0 unspecified atom stereocenters. The number of aromatic nitrogens is 2. The molecule has 1 aromatic heterocycles. The zero-order valence-electron chi connectivity index (χ0n) is 9.38. The van der Waals surface area contributed by atoms with E-state index in [2.05, 4.69) is 15.5 Å². The number of carbonyl (C=O) groups is 1. The maximum absolute atomic E-state index is 11.8. The van der Waals surface area contributed by atoms with Crippen molar-refractivity contribution in [2.45, 2.75) is 0 Å². The highest BCUT2D eigenvalue weighted by Gasteiger charge is 2.10. The molecule has 0 fully saturated rings. The molecule has 2 N–H and O–H groups in total. The van der Waals surface area contributed by atoms with Gasteiger partial charge < -0.3 is 10.1 Å². The molecule has 2 aromatic rings. The van der Waals surface area contributed by atoms with Crippen LogP contribution in [-0.4, -0.2) is 22.7 Å². The number of carbonyl (C=O) groups excluding carboxylic acids is 1. The lowest BCUT2D eigenvalue weighted by Crippen LogP contribution is -2.13. The van der Waals surface area contributed by atoms with Crippen molar-refractivity contribution in [1.29, 1.82) is 5.26 Å². The highest BCUT2D eigenvalue weighted by atomic mass is 16.5. The Balaban J connectivity index is 2.14. The lowest BCUT2D eigenvalue weighted by molar-refractivity contribution is 0.102. The number of nitrogens with one attached hydrogen (secondary N) is 2. The number of H-pyrrole nitrogens is 1. The third kappa shape index (κ3) is 2.65. The first kappa shape index (κ1) is 11.7. The maximum atomic E-state index is 11.8. The predicted octanol–water partition coefficient (Wildman–Crippen LogP) is 1.56. The van der Waals surface area contributed by atoms with Crippen LogP contribution in [0.2, 0.25) is 0 Å². The molecule has 90 valence electrons. The fourth-order valence-corrected chi connectivity index (χ4v) is 1.38. The minimum Gasteiger partial charge on any atom is -0.477 e. The number of hydrogen-bond donors (Lipinski definition) is 2. The van der Waals surface area contributed by atoms with Crippen LogP contribution in [0.5, 0.6) is 5.75 Å². The van der Waals surface area contributed by atoms with Gasteiger partial charge in [-0.3, -0.25) is 9.89 Å². The summed E-state index contributed by atoms with van der Waals surface area (Å²) in [5.41, 5.74) is 0.859. The Morgan fingerprint density at radius 3 is 3.00 bits per heavy atom. The second-order valence-corrected chi connectivity index (χ2v) is 3.37. The van der Waals surface area contributed by atoms with E-state index in [4.69, 9.17) is 10.00 Å². The van der Waals surface area contributed by atoms with Crippen molar-refractivity contribution < 1.29 is 9.53 Å². The number of anilines is 1. The largest absolute Gasteiger partial charge is 0.477 e. The van der Waals surface area contributed by atoms with Gasteiger partial charge in [0.15, 0.2) is 6.61 Å². The molecule has 0 spiro atoms. The summed E-state index contributed by atoms with van der Waals surface area (Å²) in [6, 6.07) is 10.3. The number of rotatable bonds is 4. The maximum Gasteiger partial charge on any atom is 0.273 e. The van der Waals surface area contributed by atoms with Crippen molar-refractivity contribution in [3.63, 3.8) is 0 Å². The van der Waals surface area contributed by atoms with Gasteiger partial charge >= 0.3 is 0 Å². The standard InChI is InChI=1S/C12H10N4O2/c13-6-8-18-11-4-2-1-3-9(11)15-12(17)10-5-7-14-16-10/h1-5,7H,8H2,(H,14,16)(H,15,17). The Morgan fingerprint density at radius 1 is 1.44 bits per heavy atom. The van der Waals surface area contributed by atoms with E-state index in [0.29, 0.717) is 17.1 Å². The highest BCUT2D eigenvalue weighted by molar-refractivity contribution is 6.03. The van der Waals surface area contributed by atoms with E-state index in [9.17, 15) is 4.79 Å². The fourth-order valence-electron chi connectivity index (χ4n) is 1.38. The molecule has 0 aliphatic rings. The number of aromatic amines is 1. The molecule has 0 bridgehead atoms. The summed E-state index contributed by atoms with van der Waals surface area (Å²) in [6.07, 6.45) is 1.49. The van der Waals surface area contributed by atoms with Crippen LogP contribution in [0, 0.1) is 11.3 Å². The molecule has 0 radical (unpaired) electrons. The molecular formula is C12H10N4O2. The summed E-state index contributed by atoms with van der Waals surface area (Å²) in [4.78, 5) is 11.8. The summed E-state index contributed by atoms with van der Waals surface area (Å²) in [6.45, 7) is -0.0725. The summed E-state index contributed by atoms with van der Waals surface area (Å²) in [7, 11) is 0. The van der Waals surface area contributed by atoms with Gasteiger partial charge in [-0.1, -0.05) is 12.1 Å². The average Bonchev–Trinajstić information content (AvgIpc) is 2.91. The molecule has 6 nitrogen and oxygen atoms in total. The summed E-state index contributed by atoms with van der Waals surface area (Å²) < 4.78 is 5.20. The zero-order chi connectivity index (χ0) is 12.8. The quantitative estimate of drug-likeness (QED) is 0.851. The van der Waals surface area contributed by atoms with E-state index >= 15 is 0 Å². The van der Waals surface area contributed by atoms with Crippen LogP contribution in [0.4, 0.5) is 5.69 Å². The van der Waals surface area contributed by atoms with Crippen LogP contribution in [-0.2, 0) is 0 Å². The topological polar surface area (TPSA) is 90.8 Å². The Bertz CT molecular complexity index is 572. The fraction of sp³-hybridized carbons (Fsp3) is 0.0833. The molecule has 1 amide bonds. The normalized spacial score (nSPS) is 9.50. The summed E-state index contributed by atoms with van der Waals surface area (Å²) in [5.74, 6) is 0.132. The predicted molar refractivity (Wildman–Crippen MR) is 64.1 cm³/mol. The number of benzene rings is 1. The van der Waals surface area contributed by atoms with Crippen LogP contribution in [0.1, 0.15) is 10.5 Å². The second kappa shape index (κ2) is 5.50. The Hall–Kier alpha value is -2.81. The lowest BCUT2D eigenvalue weighted by atomic mass is 10.3. The summed E-state index contributed by atoms with van der Waals surface area (Å²) in [5, 5.41) is 17.4. The molecule has 0 aliphatic carbocycles. The number of ether oxygens (including phenoxy) is 1. The minimum atomic E-state index is -0.319. The van der Waals surface area contributed by atoms with E-state index in [-0.39, 0.29) is 12.5 Å². The van der Waals surface area contributed by atoms with E-state index in [1.165, 1.54) is 6.20 Å². The van der Waals surface area contributed by atoms with Gasteiger partial charge in [0.2, 0.25) is 0 Å². The van der Waals surface area contributed by atoms with Crippen molar-refractivity contribution in [2.75, 3.05) is 11.9 Å². The number of nitrogens with zero attached hydrogens (tertiary/aromatic N) is 2. The van der Waals surface area contributed by atoms with Crippen LogP contribution in [0.15, 0.2) is 36.5 Å². The van der Waals surface area contributed by atoms with Gasteiger partial charge in [-0.15, -0.1) is 0 Å². The van der Waals surface area contributed by atoms with Gasteiger partial charge in [-0.05, 0) is 18.2 Å².